The Morgan fingerprint density at radius 1 is 1.32 bits per heavy atom. The molecule has 1 heterocycles. The average molecular weight is 259 g/mol. The van der Waals surface area contributed by atoms with E-state index < -0.39 is 11.9 Å². The number of likely N-dealkylation sites (N-methyl/N-ethyl adjacent to an activating group) is 1. The maximum absolute atomic E-state index is 11.1. The molecule has 1 aromatic carbocycles. The van der Waals surface area contributed by atoms with Crippen molar-refractivity contribution < 1.29 is 14.7 Å². The lowest BCUT2D eigenvalue weighted by atomic mass is 10.1. The maximum Gasteiger partial charge on any atom is 0.337 e. The van der Waals surface area contributed by atoms with E-state index in [-0.39, 0.29) is 12.1 Å². The molecular formula is C13H13N3O3. The highest BCUT2D eigenvalue weighted by atomic mass is 16.4. The van der Waals surface area contributed by atoms with E-state index in [1.165, 1.54) is 6.20 Å². The minimum atomic E-state index is -1.03. The maximum atomic E-state index is 11.1. The second kappa shape index (κ2) is 4.93. The van der Waals surface area contributed by atoms with Crippen LogP contribution in [0, 0.1) is 0 Å². The summed E-state index contributed by atoms with van der Waals surface area (Å²) in [5, 5.41) is 10.4. The Bertz CT molecular complexity index is 655. The van der Waals surface area contributed by atoms with Gasteiger partial charge in [-0.2, -0.15) is 0 Å². The smallest absolute Gasteiger partial charge is 0.337 e. The van der Waals surface area contributed by atoms with Crippen molar-refractivity contribution in [3.05, 3.63) is 36.0 Å². The van der Waals surface area contributed by atoms with Gasteiger partial charge < -0.3 is 15.7 Å². The molecule has 0 saturated heterocycles. The fraction of sp³-hybridized carbons (Fsp3) is 0.154. The number of carboxylic acids is 1. The molecule has 6 nitrogen and oxygen atoms in total. The molecule has 0 saturated carbocycles. The van der Waals surface area contributed by atoms with E-state index in [9.17, 15) is 9.59 Å². The summed E-state index contributed by atoms with van der Waals surface area (Å²) in [4.78, 5) is 27.8. The van der Waals surface area contributed by atoms with Gasteiger partial charge in [-0.15, -0.1) is 0 Å². The number of carbonyl (C=O) groups excluding carboxylic acids is 1. The first kappa shape index (κ1) is 12.8. The highest BCUT2D eigenvalue weighted by Crippen LogP contribution is 2.26. The molecule has 0 unspecified atom stereocenters. The van der Waals surface area contributed by atoms with Gasteiger partial charge in [-0.25, -0.2) is 9.78 Å². The molecule has 0 spiro atoms. The van der Waals surface area contributed by atoms with Crippen LogP contribution in [0.4, 0.5) is 5.82 Å². The number of carboxylic acid groups (broad SMARTS) is 1. The molecule has 0 atom stereocenters. The van der Waals surface area contributed by atoms with Crippen molar-refractivity contribution in [3.8, 4) is 0 Å². The van der Waals surface area contributed by atoms with E-state index >= 15 is 0 Å². The number of anilines is 1. The van der Waals surface area contributed by atoms with Crippen molar-refractivity contribution in [3.63, 3.8) is 0 Å². The van der Waals surface area contributed by atoms with Crippen molar-refractivity contribution in [2.24, 2.45) is 5.73 Å². The molecule has 0 aliphatic rings. The van der Waals surface area contributed by atoms with Crippen LogP contribution < -0.4 is 10.6 Å². The Hall–Kier alpha value is -2.63. The number of nitrogens with zero attached hydrogens (tertiary/aromatic N) is 2. The quantitative estimate of drug-likeness (QED) is 0.848. The Morgan fingerprint density at radius 3 is 2.53 bits per heavy atom. The summed E-state index contributed by atoms with van der Waals surface area (Å²) < 4.78 is 0. The summed E-state index contributed by atoms with van der Waals surface area (Å²) in [6, 6.07) is 7.02. The van der Waals surface area contributed by atoms with Gasteiger partial charge in [-0.1, -0.05) is 24.3 Å². The van der Waals surface area contributed by atoms with Gasteiger partial charge in [0.15, 0.2) is 0 Å². The Kier molecular flexibility index (Phi) is 3.33. The molecule has 6 heteroatoms. The number of primary amides is 1. The van der Waals surface area contributed by atoms with E-state index in [4.69, 9.17) is 10.8 Å². The molecule has 0 aliphatic carbocycles. The number of pyridine rings is 1. The third kappa shape index (κ3) is 2.47. The van der Waals surface area contributed by atoms with Crippen LogP contribution >= 0.6 is 0 Å². The van der Waals surface area contributed by atoms with Gasteiger partial charge in [0.25, 0.3) is 0 Å². The lowest BCUT2D eigenvalue weighted by molar-refractivity contribution is -0.116. The summed E-state index contributed by atoms with van der Waals surface area (Å²) in [5.74, 6) is -0.983. The van der Waals surface area contributed by atoms with E-state index in [0.717, 1.165) is 0 Å². The predicted molar refractivity (Wildman–Crippen MR) is 71.2 cm³/mol. The van der Waals surface area contributed by atoms with Gasteiger partial charge in [0.05, 0.1) is 12.1 Å². The first-order valence-electron chi connectivity index (χ1n) is 5.61. The highest BCUT2D eigenvalue weighted by Gasteiger charge is 2.15. The number of rotatable bonds is 4. The van der Waals surface area contributed by atoms with Crippen LogP contribution in [-0.4, -0.2) is 35.6 Å². The standard InChI is InChI=1S/C13H13N3O3/c1-16(7-11(14)17)12-9-5-3-2-4-8(9)10(6-15-12)13(18)19/h2-6H,7H2,1H3,(H2,14,17)(H,18,19). The Morgan fingerprint density at radius 2 is 1.95 bits per heavy atom. The number of aromatic nitrogens is 1. The first-order chi connectivity index (χ1) is 9.00. The van der Waals surface area contributed by atoms with Crippen LogP contribution in [0.25, 0.3) is 10.8 Å². The van der Waals surface area contributed by atoms with E-state index in [0.29, 0.717) is 16.6 Å². The monoisotopic (exact) mass is 259 g/mol. The predicted octanol–water partition coefficient (Wildman–Crippen LogP) is 0.854. The lowest BCUT2D eigenvalue weighted by Gasteiger charge is -2.18. The van der Waals surface area contributed by atoms with Gasteiger partial charge in [0.1, 0.15) is 5.82 Å². The molecule has 0 aliphatic heterocycles. The molecule has 19 heavy (non-hydrogen) atoms. The van der Waals surface area contributed by atoms with Gasteiger partial charge in [-0.3, -0.25) is 4.79 Å². The van der Waals surface area contributed by atoms with Gasteiger partial charge >= 0.3 is 5.97 Å². The molecule has 3 N–H and O–H groups in total. The van der Waals surface area contributed by atoms with Crippen LogP contribution in [0.1, 0.15) is 10.4 Å². The minimum absolute atomic E-state index is 0.0173. The summed E-state index contributed by atoms with van der Waals surface area (Å²) in [6.07, 6.45) is 1.29. The van der Waals surface area contributed by atoms with Crippen molar-refractivity contribution in [1.29, 1.82) is 0 Å². The third-order valence-corrected chi connectivity index (χ3v) is 2.76. The fourth-order valence-corrected chi connectivity index (χ4v) is 1.96. The fourth-order valence-electron chi connectivity index (χ4n) is 1.96. The molecule has 2 rings (SSSR count). The first-order valence-corrected chi connectivity index (χ1v) is 5.61. The van der Waals surface area contributed by atoms with Crippen LogP contribution in [0.5, 0.6) is 0 Å². The van der Waals surface area contributed by atoms with E-state index in [2.05, 4.69) is 4.98 Å². The molecule has 2 aromatic rings. The van der Waals surface area contributed by atoms with E-state index in [1.54, 1.807) is 36.2 Å². The highest BCUT2D eigenvalue weighted by molar-refractivity contribution is 6.06. The van der Waals surface area contributed by atoms with Crippen molar-refractivity contribution in [2.45, 2.75) is 0 Å². The van der Waals surface area contributed by atoms with Crippen LogP contribution in [0.15, 0.2) is 30.5 Å². The lowest BCUT2D eigenvalue weighted by Crippen LogP contribution is -2.31. The van der Waals surface area contributed by atoms with Crippen LogP contribution in [-0.2, 0) is 4.79 Å². The molecule has 1 amide bonds. The van der Waals surface area contributed by atoms with Crippen molar-refractivity contribution in [2.75, 3.05) is 18.5 Å². The number of aromatic carboxylic acids is 1. The molecule has 0 bridgehead atoms. The van der Waals surface area contributed by atoms with Crippen LogP contribution in [0.2, 0.25) is 0 Å². The summed E-state index contributed by atoms with van der Waals surface area (Å²) >= 11 is 0. The number of nitrogens with two attached hydrogens (primary N) is 1. The SMILES string of the molecule is CN(CC(N)=O)c1ncc(C(=O)O)c2ccccc12. The number of benzene rings is 1. The average Bonchev–Trinajstić information content (AvgIpc) is 2.36. The van der Waals surface area contributed by atoms with Gasteiger partial charge in [0.2, 0.25) is 5.91 Å². The van der Waals surface area contributed by atoms with Gasteiger partial charge in [0, 0.05) is 24.0 Å². The van der Waals surface area contributed by atoms with Crippen LogP contribution in [0.3, 0.4) is 0 Å². The summed E-state index contributed by atoms with van der Waals surface area (Å²) in [5.41, 5.74) is 5.28. The normalized spacial score (nSPS) is 10.4. The molecule has 0 fully saturated rings. The number of hydrogen-bond donors (Lipinski definition) is 2. The number of hydrogen-bond acceptors (Lipinski definition) is 4. The zero-order valence-electron chi connectivity index (χ0n) is 10.3. The Labute approximate surface area is 109 Å². The van der Waals surface area contributed by atoms with Gasteiger partial charge in [-0.05, 0) is 0 Å². The molecule has 0 radical (unpaired) electrons. The Balaban J connectivity index is 2.61. The number of carbonyl (C=O) groups is 2. The number of fused-ring (bicyclic) bond motifs is 1. The summed E-state index contributed by atoms with van der Waals surface area (Å²) in [6.45, 7) is 0.0173. The molecular weight excluding hydrogens is 246 g/mol. The topological polar surface area (TPSA) is 96.5 Å². The number of amides is 1. The third-order valence-electron chi connectivity index (χ3n) is 2.76. The summed E-state index contributed by atoms with van der Waals surface area (Å²) in [7, 11) is 1.68. The molecule has 1 aromatic heterocycles. The largest absolute Gasteiger partial charge is 0.478 e. The van der Waals surface area contributed by atoms with E-state index in [1.807, 2.05) is 0 Å². The zero-order valence-corrected chi connectivity index (χ0v) is 10.3. The zero-order chi connectivity index (χ0) is 14.0. The molecule has 98 valence electrons. The second-order valence-electron chi connectivity index (χ2n) is 4.17. The van der Waals surface area contributed by atoms with Crippen molar-refractivity contribution in [1.82, 2.24) is 4.98 Å². The second-order valence-corrected chi connectivity index (χ2v) is 4.17. The van der Waals surface area contributed by atoms with Crippen molar-refractivity contribution >= 4 is 28.5 Å². The minimum Gasteiger partial charge on any atom is -0.478 e.